The molecule has 0 spiro atoms. The van der Waals surface area contributed by atoms with Crippen molar-refractivity contribution in [1.82, 2.24) is 0 Å². The molecule has 0 aliphatic heterocycles. The van der Waals surface area contributed by atoms with Gasteiger partial charge >= 0.3 is 20.1 Å². The predicted octanol–water partition coefficient (Wildman–Crippen LogP) is 3.24. The molecule has 1 aliphatic rings. The average Bonchev–Trinajstić information content (AvgIpc) is 1.79. The standard InChI is InChI=1S/C8H11Cl.Ir/c9-8-6-4-2-1-3-5-7-8;/h2,4,6H,1,3,5,7H2;/q;+1. The summed E-state index contributed by atoms with van der Waals surface area (Å²) in [5.41, 5.74) is 0. The van der Waals surface area contributed by atoms with Crippen molar-refractivity contribution in [3.63, 3.8) is 0 Å². The molecule has 0 N–H and O–H groups in total. The molecule has 0 saturated heterocycles. The second kappa shape index (κ2) is 6.15. The average molecular weight is 335 g/mol. The van der Waals surface area contributed by atoms with Crippen molar-refractivity contribution >= 4 is 11.6 Å². The molecule has 0 amide bonds. The Morgan fingerprint density at radius 2 is 2.10 bits per heavy atom. The molecular formula is C8H11ClIr+. The molecule has 0 nitrogen and oxygen atoms in total. The molecule has 0 fully saturated rings. The van der Waals surface area contributed by atoms with Gasteiger partial charge in [-0.3, -0.25) is 0 Å². The van der Waals surface area contributed by atoms with Crippen LogP contribution in [-0.4, -0.2) is 0 Å². The van der Waals surface area contributed by atoms with E-state index in [4.69, 9.17) is 11.6 Å². The van der Waals surface area contributed by atoms with Crippen LogP contribution in [0.15, 0.2) is 23.3 Å². The Morgan fingerprint density at radius 1 is 1.30 bits per heavy atom. The zero-order valence-corrected chi connectivity index (χ0v) is 8.92. The Kier molecular flexibility index (Phi) is 6.41. The minimum atomic E-state index is 0. The summed E-state index contributed by atoms with van der Waals surface area (Å²) in [4.78, 5) is 0. The maximum absolute atomic E-state index is 5.80. The SMILES string of the molecule is ClC1=CC=CCCCC1.[Ir+]. The van der Waals surface area contributed by atoms with E-state index in [1.807, 2.05) is 12.2 Å². The monoisotopic (exact) mass is 335 g/mol. The number of hydrogen-bond acceptors (Lipinski definition) is 0. The van der Waals surface area contributed by atoms with Gasteiger partial charge in [0.15, 0.2) is 0 Å². The van der Waals surface area contributed by atoms with Crippen LogP contribution >= 0.6 is 11.6 Å². The van der Waals surface area contributed by atoms with Crippen LogP contribution in [-0.2, 0) is 20.1 Å². The fraction of sp³-hybridized carbons (Fsp3) is 0.500. The molecule has 1 aliphatic carbocycles. The Labute approximate surface area is 80.7 Å². The zero-order valence-electron chi connectivity index (χ0n) is 5.77. The second-order valence-electron chi connectivity index (χ2n) is 2.29. The zero-order chi connectivity index (χ0) is 6.53. The number of allylic oxidation sites excluding steroid dienone is 4. The molecule has 10 heavy (non-hydrogen) atoms. The molecule has 0 unspecified atom stereocenters. The van der Waals surface area contributed by atoms with E-state index in [-0.39, 0.29) is 20.1 Å². The van der Waals surface area contributed by atoms with Gasteiger partial charge in [-0.15, -0.1) is 0 Å². The van der Waals surface area contributed by atoms with E-state index >= 15 is 0 Å². The summed E-state index contributed by atoms with van der Waals surface area (Å²) in [7, 11) is 0. The fourth-order valence-corrected chi connectivity index (χ4v) is 1.11. The summed E-state index contributed by atoms with van der Waals surface area (Å²) < 4.78 is 0. The normalized spacial score (nSPS) is 18.3. The third-order valence-electron chi connectivity index (χ3n) is 1.45. The molecule has 0 saturated carbocycles. The Morgan fingerprint density at radius 3 is 2.90 bits per heavy atom. The summed E-state index contributed by atoms with van der Waals surface area (Å²) >= 11 is 5.80. The van der Waals surface area contributed by atoms with Gasteiger partial charge < -0.3 is 0 Å². The van der Waals surface area contributed by atoms with E-state index in [0.29, 0.717) is 0 Å². The topological polar surface area (TPSA) is 0 Å². The molecule has 0 heterocycles. The Hall–Kier alpha value is 0.419. The van der Waals surface area contributed by atoms with Crippen molar-refractivity contribution < 1.29 is 20.1 Å². The summed E-state index contributed by atoms with van der Waals surface area (Å²) in [5.74, 6) is 0. The van der Waals surface area contributed by atoms with E-state index in [2.05, 4.69) is 6.08 Å². The van der Waals surface area contributed by atoms with E-state index in [0.717, 1.165) is 11.5 Å². The smallest absolute Gasteiger partial charge is 0.0892 e. The molecule has 0 aromatic heterocycles. The van der Waals surface area contributed by atoms with Gasteiger partial charge in [-0.25, -0.2) is 0 Å². The van der Waals surface area contributed by atoms with Crippen LogP contribution in [0.1, 0.15) is 25.7 Å². The first kappa shape index (κ1) is 10.4. The minimum Gasteiger partial charge on any atom is -0.0892 e. The van der Waals surface area contributed by atoms with Crippen LogP contribution in [0.25, 0.3) is 0 Å². The number of rotatable bonds is 0. The molecule has 1 rings (SSSR count). The van der Waals surface area contributed by atoms with Crippen molar-refractivity contribution in [2.75, 3.05) is 0 Å². The first-order valence-electron chi connectivity index (χ1n) is 3.41. The van der Waals surface area contributed by atoms with Gasteiger partial charge in [-0.2, -0.15) is 0 Å². The minimum absolute atomic E-state index is 0. The summed E-state index contributed by atoms with van der Waals surface area (Å²) in [6, 6.07) is 0. The summed E-state index contributed by atoms with van der Waals surface area (Å²) in [6.07, 6.45) is 11.0. The first-order valence-corrected chi connectivity index (χ1v) is 3.78. The van der Waals surface area contributed by atoms with Crippen molar-refractivity contribution in [2.24, 2.45) is 0 Å². The van der Waals surface area contributed by atoms with Crippen molar-refractivity contribution in [3.8, 4) is 0 Å². The third kappa shape index (κ3) is 4.27. The van der Waals surface area contributed by atoms with Crippen LogP contribution in [0.5, 0.6) is 0 Å². The van der Waals surface area contributed by atoms with Gasteiger partial charge in [0.1, 0.15) is 0 Å². The molecule has 0 atom stereocenters. The largest absolute Gasteiger partial charge is 1.00 e. The van der Waals surface area contributed by atoms with Gasteiger partial charge in [0.05, 0.1) is 0 Å². The van der Waals surface area contributed by atoms with Gasteiger partial charge in [0, 0.05) is 5.03 Å². The van der Waals surface area contributed by atoms with Crippen molar-refractivity contribution in [2.45, 2.75) is 25.7 Å². The van der Waals surface area contributed by atoms with Crippen LogP contribution in [0.3, 0.4) is 0 Å². The maximum atomic E-state index is 5.80. The predicted molar refractivity (Wildman–Crippen MR) is 41.5 cm³/mol. The fourth-order valence-electron chi connectivity index (χ4n) is 0.908. The summed E-state index contributed by atoms with van der Waals surface area (Å²) in [6.45, 7) is 0. The molecular weight excluding hydrogens is 324 g/mol. The number of hydrogen-bond donors (Lipinski definition) is 0. The van der Waals surface area contributed by atoms with E-state index in [1.54, 1.807) is 0 Å². The Bertz CT molecular complexity index is 138. The van der Waals surface area contributed by atoms with Gasteiger partial charge in [-0.1, -0.05) is 23.8 Å². The molecule has 0 bridgehead atoms. The molecule has 0 radical (unpaired) electrons. The molecule has 0 aromatic rings. The van der Waals surface area contributed by atoms with Crippen LogP contribution in [0, 0.1) is 0 Å². The van der Waals surface area contributed by atoms with Crippen LogP contribution in [0.4, 0.5) is 0 Å². The second-order valence-corrected chi connectivity index (χ2v) is 2.77. The van der Waals surface area contributed by atoms with Crippen molar-refractivity contribution in [3.05, 3.63) is 23.3 Å². The molecule has 0 aromatic carbocycles. The third-order valence-corrected chi connectivity index (χ3v) is 1.76. The van der Waals surface area contributed by atoms with Crippen LogP contribution in [0.2, 0.25) is 0 Å². The van der Waals surface area contributed by atoms with E-state index in [9.17, 15) is 0 Å². The number of halogens is 1. The maximum Gasteiger partial charge on any atom is 1.00 e. The van der Waals surface area contributed by atoms with Gasteiger partial charge in [-0.05, 0) is 31.8 Å². The van der Waals surface area contributed by atoms with E-state index in [1.165, 1.54) is 19.3 Å². The van der Waals surface area contributed by atoms with Gasteiger partial charge in [0.25, 0.3) is 0 Å². The van der Waals surface area contributed by atoms with Crippen LogP contribution < -0.4 is 0 Å². The quantitative estimate of drug-likeness (QED) is 0.638. The Balaban J connectivity index is 0.000000810. The van der Waals surface area contributed by atoms with E-state index < -0.39 is 0 Å². The first-order chi connectivity index (χ1) is 4.39. The van der Waals surface area contributed by atoms with Crippen molar-refractivity contribution in [1.29, 1.82) is 0 Å². The molecule has 2 heteroatoms. The van der Waals surface area contributed by atoms with Gasteiger partial charge in [0.2, 0.25) is 0 Å². The summed E-state index contributed by atoms with van der Waals surface area (Å²) in [5, 5.41) is 0.992. The molecule has 58 valence electrons.